The van der Waals surface area contributed by atoms with Crippen LogP contribution in [0.3, 0.4) is 0 Å². The van der Waals surface area contributed by atoms with Crippen LogP contribution in [-0.2, 0) is 9.59 Å². The van der Waals surface area contributed by atoms with Gasteiger partial charge in [0.1, 0.15) is 11.8 Å². The van der Waals surface area contributed by atoms with Gasteiger partial charge in [-0.3, -0.25) is 14.6 Å². The van der Waals surface area contributed by atoms with E-state index in [2.05, 4.69) is 15.6 Å². The van der Waals surface area contributed by atoms with Crippen LogP contribution in [0.2, 0.25) is 0 Å². The molecule has 0 spiro atoms. The summed E-state index contributed by atoms with van der Waals surface area (Å²) < 4.78 is 5.07. The first-order chi connectivity index (χ1) is 11.6. The number of rotatable bonds is 6. The van der Waals surface area contributed by atoms with Crippen molar-refractivity contribution in [2.24, 2.45) is 0 Å². The number of amides is 2. The van der Waals surface area contributed by atoms with E-state index in [1.807, 2.05) is 24.3 Å². The van der Waals surface area contributed by atoms with Crippen LogP contribution in [0.15, 0.2) is 54.9 Å². The van der Waals surface area contributed by atoms with Gasteiger partial charge in [0.05, 0.1) is 7.11 Å². The van der Waals surface area contributed by atoms with Gasteiger partial charge in [-0.1, -0.05) is 12.1 Å². The highest BCUT2D eigenvalue weighted by molar-refractivity contribution is 5.99. The van der Waals surface area contributed by atoms with Crippen molar-refractivity contribution in [3.8, 4) is 5.75 Å². The monoisotopic (exact) mass is 325 g/mol. The number of aromatic nitrogens is 1. The predicted octanol–water partition coefficient (Wildman–Crippen LogP) is 2.25. The second-order valence-corrected chi connectivity index (χ2v) is 5.06. The number of nitrogens with zero attached hydrogens (tertiary/aromatic N) is 1. The number of carbonyl (C=O) groups excluding carboxylic acids is 2. The minimum Gasteiger partial charge on any atom is -0.497 e. The number of benzene rings is 1. The Kier molecular flexibility index (Phi) is 6.08. The summed E-state index contributed by atoms with van der Waals surface area (Å²) >= 11 is 0. The number of hydrogen-bond donors (Lipinski definition) is 2. The molecule has 0 bridgehead atoms. The number of ether oxygens (including phenoxy) is 1. The molecule has 0 radical (unpaired) electrons. The van der Waals surface area contributed by atoms with E-state index >= 15 is 0 Å². The first-order valence-electron chi connectivity index (χ1n) is 7.42. The number of nitrogens with one attached hydrogen (secondary N) is 2. The average Bonchev–Trinajstić information content (AvgIpc) is 2.61. The van der Waals surface area contributed by atoms with E-state index in [0.717, 1.165) is 11.3 Å². The predicted molar refractivity (Wildman–Crippen MR) is 92.5 cm³/mol. The third kappa shape index (κ3) is 5.24. The zero-order valence-electron chi connectivity index (χ0n) is 13.5. The molecule has 24 heavy (non-hydrogen) atoms. The summed E-state index contributed by atoms with van der Waals surface area (Å²) in [7, 11) is 1.59. The molecule has 2 rings (SSSR count). The van der Waals surface area contributed by atoms with Gasteiger partial charge in [-0.05, 0) is 42.8 Å². The normalized spacial score (nSPS) is 11.8. The van der Waals surface area contributed by atoms with Gasteiger partial charge in [0.25, 0.3) is 0 Å². The Hall–Kier alpha value is -3.15. The van der Waals surface area contributed by atoms with Crippen LogP contribution >= 0.6 is 0 Å². The van der Waals surface area contributed by atoms with Crippen molar-refractivity contribution in [3.63, 3.8) is 0 Å². The molecule has 0 aliphatic rings. The smallest absolute Gasteiger partial charge is 0.246 e. The highest BCUT2D eigenvalue weighted by Crippen LogP contribution is 2.12. The molecule has 2 N–H and O–H groups in total. The number of hydrogen-bond acceptors (Lipinski definition) is 4. The van der Waals surface area contributed by atoms with E-state index in [0.29, 0.717) is 5.69 Å². The minimum absolute atomic E-state index is 0.299. The fourth-order valence-electron chi connectivity index (χ4n) is 1.90. The summed E-state index contributed by atoms with van der Waals surface area (Å²) in [5, 5.41) is 5.32. The zero-order valence-corrected chi connectivity index (χ0v) is 13.5. The molecule has 6 heteroatoms. The Labute approximate surface area is 140 Å². The maximum absolute atomic E-state index is 12.0. The number of carbonyl (C=O) groups is 2. The van der Waals surface area contributed by atoms with E-state index in [9.17, 15) is 9.59 Å². The van der Waals surface area contributed by atoms with Crippen LogP contribution in [0.1, 0.15) is 12.5 Å². The minimum atomic E-state index is -0.661. The lowest BCUT2D eigenvalue weighted by molar-refractivity contribution is -0.123. The molecule has 0 aliphatic heterocycles. The third-order valence-electron chi connectivity index (χ3n) is 3.24. The lowest BCUT2D eigenvalue weighted by Gasteiger charge is -2.12. The maximum atomic E-state index is 12.0. The molecule has 6 nitrogen and oxygen atoms in total. The molecule has 2 amide bonds. The van der Waals surface area contributed by atoms with Gasteiger partial charge in [-0.2, -0.15) is 0 Å². The highest BCUT2D eigenvalue weighted by atomic mass is 16.5. The summed E-state index contributed by atoms with van der Waals surface area (Å²) in [5.41, 5.74) is 1.49. The summed E-state index contributed by atoms with van der Waals surface area (Å²) in [6, 6.07) is 9.98. The van der Waals surface area contributed by atoms with Crippen LogP contribution in [-0.4, -0.2) is 29.9 Å². The van der Waals surface area contributed by atoms with Crippen molar-refractivity contribution in [3.05, 3.63) is 60.4 Å². The molecule has 124 valence electrons. The average molecular weight is 325 g/mol. The summed E-state index contributed by atoms with van der Waals surface area (Å²) in [6.45, 7) is 1.62. The zero-order chi connectivity index (χ0) is 17.4. The lowest BCUT2D eigenvalue weighted by atomic mass is 10.2. The van der Waals surface area contributed by atoms with Crippen LogP contribution in [0.4, 0.5) is 5.69 Å². The summed E-state index contributed by atoms with van der Waals surface area (Å²) in [6.07, 6.45) is 6.22. The molecule has 1 atom stereocenters. The molecule has 2 aromatic rings. The van der Waals surface area contributed by atoms with Gasteiger partial charge in [0, 0.05) is 24.2 Å². The van der Waals surface area contributed by atoms with Gasteiger partial charge in [0.2, 0.25) is 11.8 Å². The van der Waals surface area contributed by atoms with Gasteiger partial charge in [-0.25, -0.2) is 0 Å². The maximum Gasteiger partial charge on any atom is 0.246 e. The number of anilines is 1. The standard InChI is InChI=1S/C18H19N3O3/c1-13(18(23)21-15-9-11-19-12-10-15)20-17(22)8-5-14-3-6-16(24-2)7-4-14/h3-13H,1-2H3,(H,20,22)(H,19,21,23)/b8-5+/t13-/m0/s1. The van der Waals surface area contributed by atoms with E-state index < -0.39 is 6.04 Å². The molecule has 0 unspecified atom stereocenters. The van der Waals surface area contributed by atoms with E-state index in [4.69, 9.17) is 4.74 Å². The second-order valence-electron chi connectivity index (χ2n) is 5.06. The number of methoxy groups -OCH3 is 1. The van der Waals surface area contributed by atoms with E-state index in [1.165, 1.54) is 6.08 Å². The van der Waals surface area contributed by atoms with Crippen LogP contribution in [0, 0.1) is 0 Å². The van der Waals surface area contributed by atoms with Crippen molar-refractivity contribution < 1.29 is 14.3 Å². The first-order valence-corrected chi connectivity index (χ1v) is 7.42. The highest BCUT2D eigenvalue weighted by Gasteiger charge is 2.14. The van der Waals surface area contributed by atoms with Gasteiger partial charge in [-0.15, -0.1) is 0 Å². The largest absolute Gasteiger partial charge is 0.497 e. The Morgan fingerprint density at radius 3 is 2.42 bits per heavy atom. The second kappa shape index (κ2) is 8.47. The van der Waals surface area contributed by atoms with Gasteiger partial charge < -0.3 is 15.4 Å². The molecule has 1 aromatic carbocycles. The van der Waals surface area contributed by atoms with Crippen LogP contribution < -0.4 is 15.4 Å². The molecule has 0 saturated heterocycles. The van der Waals surface area contributed by atoms with Crippen LogP contribution in [0.5, 0.6) is 5.75 Å². The Morgan fingerprint density at radius 1 is 1.12 bits per heavy atom. The molecule has 0 fully saturated rings. The van der Waals surface area contributed by atoms with Crippen LogP contribution in [0.25, 0.3) is 6.08 Å². The first kappa shape index (κ1) is 17.2. The quantitative estimate of drug-likeness (QED) is 0.798. The summed E-state index contributed by atoms with van der Waals surface area (Å²) in [4.78, 5) is 27.8. The van der Waals surface area contributed by atoms with Crippen molar-refractivity contribution in [1.82, 2.24) is 10.3 Å². The van der Waals surface area contributed by atoms with Gasteiger partial charge >= 0.3 is 0 Å². The van der Waals surface area contributed by atoms with Crippen molar-refractivity contribution in [2.75, 3.05) is 12.4 Å². The number of pyridine rings is 1. The lowest BCUT2D eigenvalue weighted by Crippen LogP contribution is -2.40. The SMILES string of the molecule is COc1ccc(/C=C/C(=O)N[C@@H](C)C(=O)Nc2ccncc2)cc1. The van der Waals surface area contributed by atoms with Gasteiger partial charge in [0.15, 0.2) is 0 Å². The molecule has 0 aliphatic carbocycles. The van der Waals surface area contributed by atoms with E-state index in [-0.39, 0.29) is 11.8 Å². The molecule has 0 saturated carbocycles. The Bertz CT molecular complexity index is 712. The molecule has 1 aromatic heterocycles. The van der Waals surface area contributed by atoms with Crippen molar-refractivity contribution in [2.45, 2.75) is 13.0 Å². The Balaban J connectivity index is 1.86. The fourth-order valence-corrected chi connectivity index (χ4v) is 1.90. The summed E-state index contributed by atoms with van der Waals surface area (Å²) in [5.74, 6) is 0.105. The molecule has 1 heterocycles. The third-order valence-corrected chi connectivity index (χ3v) is 3.24. The van der Waals surface area contributed by atoms with Crippen molar-refractivity contribution >= 4 is 23.6 Å². The van der Waals surface area contributed by atoms with Crippen molar-refractivity contribution in [1.29, 1.82) is 0 Å². The topological polar surface area (TPSA) is 80.3 Å². The molecular formula is C18H19N3O3. The fraction of sp³-hybridized carbons (Fsp3) is 0.167. The molecular weight excluding hydrogens is 306 g/mol. The van der Waals surface area contributed by atoms with E-state index in [1.54, 1.807) is 44.6 Å². The Morgan fingerprint density at radius 2 is 1.79 bits per heavy atom.